The van der Waals surface area contributed by atoms with Crippen LogP contribution in [0.5, 0.6) is 11.5 Å². The van der Waals surface area contributed by atoms with Gasteiger partial charge >= 0.3 is 0 Å². The van der Waals surface area contributed by atoms with Crippen LogP contribution in [0.15, 0.2) is 40.9 Å². The monoisotopic (exact) mass is 390 g/mol. The standard InChI is InChI=1S/C19H23BrN2O2/c1-12-9-14-10-17(23-3)18(24-4)11-16(14)19(22(2)21-12)13-5-7-15(20)8-6-13/h5-8,10-12,19,21H,9H2,1-4H3. The van der Waals surface area contributed by atoms with Crippen molar-refractivity contribution in [1.29, 1.82) is 0 Å². The van der Waals surface area contributed by atoms with Gasteiger partial charge in [-0.25, -0.2) is 5.01 Å². The Morgan fingerprint density at radius 2 is 1.71 bits per heavy atom. The topological polar surface area (TPSA) is 33.7 Å². The summed E-state index contributed by atoms with van der Waals surface area (Å²) in [5.41, 5.74) is 7.33. The number of methoxy groups -OCH3 is 2. The second kappa shape index (κ2) is 7.13. The molecule has 0 saturated carbocycles. The summed E-state index contributed by atoms with van der Waals surface area (Å²) in [4.78, 5) is 0. The molecule has 0 fully saturated rings. The lowest BCUT2D eigenvalue weighted by molar-refractivity contribution is 0.172. The molecule has 0 radical (unpaired) electrons. The molecule has 1 N–H and O–H groups in total. The molecule has 5 heteroatoms. The van der Waals surface area contributed by atoms with Crippen molar-refractivity contribution < 1.29 is 9.47 Å². The fourth-order valence-corrected chi connectivity index (χ4v) is 3.69. The van der Waals surface area contributed by atoms with Gasteiger partial charge in [-0.2, -0.15) is 0 Å². The van der Waals surface area contributed by atoms with Crippen molar-refractivity contribution in [3.63, 3.8) is 0 Å². The van der Waals surface area contributed by atoms with Crippen molar-refractivity contribution in [2.24, 2.45) is 0 Å². The normalized spacial score (nSPS) is 21.0. The number of hydrogen-bond donors (Lipinski definition) is 1. The van der Waals surface area contributed by atoms with E-state index in [9.17, 15) is 0 Å². The lowest BCUT2D eigenvalue weighted by Gasteiger charge is -2.29. The van der Waals surface area contributed by atoms with Crippen molar-refractivity contribution in [2.45, 2.75) is 25.4 Å². The Morgan fingerprint density at radius 3 is 2.33 bits per heavy atom. The van der Waals surface area contributed by atoms with Crippen LogP contribution in [0, 0.1) is 0 Å². The lowest BCUT2D eigenvalue weighted by Crippen LogP contribution is -2.42. The summed E-state index contributed by atoms with van der Waals surface area (Å²) in [6, 6.07) is 13.1. The van der Waals surface area contributed by atoms with Gasteiger partial charge in [0.25, 0.3) is 0 Å². The largest absolute Gasteiger partial charge is 0.493 e. The van der Waals surface area contributed by atoms with Gasteiger partial charge in [-0.15, -0.1) is 0 Å². The van der Waals surface area contributed by atoms with Crippen LogP contribution in [-0.2, 0) is 6.42 Å². The second-order valence-electron chi connectivity index (χ2n) is 6.21. The second-order valence-corrected chi connectivity index (χ2v) is 7.12. The first-order valence-corrected chi connectivity index (χ1v) is 8.82. The number of nitrogens with one attached hydrogen (secondary N) is 1. The molecule has 24 heavy (non-hydrogen) atoms. The predicted molar refractivity (Wildman–Crippen MR) is 99.6 cm³/mol. The van der Waals surface area contributed by atoms with E-state index in [-0.39, 0.29) is 6.04 Å². The van der Waals surface area contributed by atoms with Crippen molar-refractivity contribution in [3.05, 3.63) is 57.6 Å². The van der Waals surface area contributed by atoms with Gasteiger partial charge in [0, 0.05) is 17.6 Å². The average Bonchev–Trinajstić information content (AvgIpc) is 2.68. The number of hydrogen-bond acceptors (Lipinski definition) is 4. The molecular formula is C19H23BrN2O2. The Hall–Kier alpha value is -1.56. The summed E-state index contributed by atoms with van der Waals surface area (Å²) in [6.45, 7) is 2.20. The molecule has 0 bridgehead atoms. The van der Waals surface area contributed by atoms with E-state index >= 15 is 0 Å². The van der Waals surface area contributed by atoms with Crippen molar-refractivity contribution in [1.82, 2.24) is 10.4 Å². The molecule has 3 rings (SSSR count). The maximum atomic E-state index is 5.54. The van der Waals surface area contributed by atoms with Gasteiger partial charge < -0.3 is 9.47 Å². The fourth-order valence-electron chi connectivity index (χ4n) is 3.42. The third-order valence-corrected chi connectivity index (χ3v) is 4.99. The van der Waals surface area contributed by atoms with Crippen LogP contribution < -0.4 is 14.9 Å². The molecule has 1 heterocycles. The van der Waals surface area contributed by atoms with Crippen LogP contribution in [0.25, 0.3) is 0 Å². The van der Waals surface area contributed by atoms with Gasteiger partial charge in [-0.05, 0) is 54.3 Å². The summed E-state index contributed by atoms with van der Waals surface area (Å²) >= 11 is 3.52. The Kier molecular flexibility index (Phi) is 5.13. The molecule has 2 unspecified atom stereocenters. The molecule has 0 saturated heterocycles. The predicted octanol–water partition coefficient (Wildman–Crippen LogP) is 3.94. The van der Waals surface area contributed by atoms with Gasteiger partial charge in [-0.1, -0.05) is 28.1 Å². The van der Waals surface area contributed by atoms with Crippen LogP contribution in [0.4, 0.5) is 0 Å². The summed E-state index contributed by atoms with van der Waals surface area (Å²) in [5.74, 6) is 1.55. The minimum atomic E-state index is 0.109. The van der Waals surface area contributed by atoms with Crippen molar-refractivity contribution >= 4 is 15.9 Å². The number of halogens is 1. The van der Waals surface area contributed by atoms with Crippen LogP contribution in [0.1, 0.15) is 29.7 Å². The molecule has 0 aromatic heterocycles. The summed E-state index contributed by atoms with van der Waals surface area (Å²) in [7, 11) is 5.45. The minimum absolute atomic E-state index is 0.109. The third-order valence-electron chi connectivity index (χ3n) is 4.46. The van der Waals surface area contributed by atoms with E-state index in [2.05, 4.69) is 76.7 Å². The van der Waals surface area contributed by atoms with Crippen LogP contribution in [-0.4, -0.2) is 32.3 Å². The molecule has 128 valence electrons. The summed E-state index contributed by atoms with van der Waals surface area (Å²) in [5, 5.41) is 2.19. The Balaban J connectivity index is 2.17. The van der Waals surface area contributed by atoms with E-state index in [1.165, 1.54) is 16.7 Å². The fraction of sp³-hybridized carbons (Fsp3) is 0.368. The number of hydrazine groups is 1. The highest BCUT2D eigenvalue weighted by Gasteiger charge is 2.28. The van der Waals surface area contributed by atoms with Crippen molar-refractivity contribution in [2.75, 3.05) is 21.3 Å². The SMILES string of the molecule is COc1cc2c(cc1OC)C(c1ccc(Br)cc1)N(C)NC(C)C2. The van der Waals surface area contributed by atoms with E-state index < -0.39 is 0 Å². The zero-order valence-electron chi connectivity index (χ0n) is 14.5. The molecule has 1 aliphatic rings. The minimum Gasteiger partial charge on any atom is -0.493 e. The number of nitrogens with zero attached hydrogens (tertiary/aromatic N) is 1. The van der Waals surface area contributed by atoms with Gasteiger partial charge in [-0.3, -0.25) is 5.43 Å². The maximum Gasteiger partial charge on any atom is 0.161 e. The lowest BCUT2D eigenvalue weighted by atomic mass is 9.92. The average molecular weight is 391 g/mol. The molecule has 4 nitrogen and oxygen atoms in total. The Labute approximate surface area is 151 Å². The molecule has 0 spiro atoms. The molecule has 0 amide bonds. The molecule has 2 atom stereocenters. The van der Waals surface area contributed by atoms with Crippen LogP contribution >= 0.6 is 15.9 Å². The molecular weight excluding hydrogens is 368 g/mol. The first-order chi connectivity index (χ1) is 11.5. The molecule has 2 aromatic rings. The highest BCUT2D eigenvalue weighted by molar-refractivity contribution is 9.10. The van der Waals surface area contributed by atoms with Crippen molar-refractivity contribution in [3.8, 4) is 11.5 Å². The van der Waals surface area contributed by atoms with E-state index in [0.29, 0.717) is 6.04 Å². The number of fused-ring (bicyclic) bond motifs is 1. The molecule has 0 aliphatic carbocycles. The number of ether oxygens (including phenoxy) is 2. The first-order valence-electron chi connectivity index (χ1n) is 8.02. The third kappa shape index (κ3) is 3.29. The van der Waals surface area contributed by atoms with E-state index in [1.807, 2.05) is 0 Å². The van der Waals surface area contributed by atoms with E-state index in [0.717, 1.165) is 22.4 Å². The summed E-state index contributed by atoms with van der Waals surface area (Å²) < 4.78 is 12.1. The first kappa shape index (κ1) is 17.3. The Bertz CT molecular complexity index is 718. The zero-order chi connectivity index (χ0) is 17.3. The van der Waals surface area contributed by atoms with Gasteiger partial charge in [0.15, 0.2) is 11.5 Å². The van der Waals surface area contributed by atoms with Gasteiger partial charge in [0.05, 0.1) is 20.3 Å². The van der Waals surface area contributed by atoms with Crippen LogP contribution in [0.3, 0.4) is 0 Å². The van der Waals surface area contributed by atoms with Gasteiger partial charge in [0.1, 0.15) is 0 Å². The Morgan fingerprint density at radius 1 is 1.08 bits per heavy atom. The highest BCUT2D eigenvalue weighted by atomic mass is 79.9. The van der Waals surface area contributed by atoms with Crippen LogP contribution in [0.2, 0.25) is 0 Å². The van der Waals surface area contributed by atoms with E-state index in [1.54, 1.807) is 14.2 Å². The van der Waals surface area contributed by atoms with Gasteiger partial charge in [0.2, 0.25) is 0 Å². The molecule has 1 aliphatic heterocycles. The van der Waals surface area contributed by atoms with E-state index in [4.69, 9.17) is 9.47 Å². The quantitative estimate of drug-likeness (QED) is 0.860. The number of rotatable bonds is 3. The zero-order valence-corrected chi connectivity index (χ0v) is 16.1. The summed E-state index contributed by atoms with van der Waals surface area (Å²) in [6.07, 6.45) is 0.938. The highest BCUT2D eigenvalue weighted by Crippen LogP contribution is 2.39. The maximum absolute atomic E-state index is 5.54. The number of benzene rings is 2. The smallest absolute Gasteiger partial charge is 0.161 e. The molecule has 2 aromatic carbocycles.